The first-order valence-electron chi connectivity index (χ1n) is 11.0. The number of benzene rings is 1. The molecule has 6 nitrogen and oxygen atoms in total. The average molecular weight is 408 g/mol. The lowest BCUT2D eigenvalue weighted by atomic mass is 9.99. The predicted octanol–water partition coefficient (Wildman–Crippen LogP) is 2.95. The van der Waals surface area contributed by atoms with Crippen molar-refractivity contribution in [2.45, 2.75) is 32.4 Å². The van der Waals surface area contributed by atoms with Crippen molar-refractivity contribution in [1.82, 2.24) is 15.2 Å². The average Bonchev–Trinajstić information content (AvgIpc) is 3.23. The van der Waals surface area contributed by atoms with Gasteiger partial charge in [-0.15, -0.1) is 0 Å². The van der Waals surface area contributed by atoms with Gasteiger partial charge in [0.25, 0.3) is 0 Å². The van der Waals surface area contributed by atoms with Crippen molar-refractivity contribution in [2.75, 3.05) is 44.7 Å². The van der Waals surface area contributed by atoms with Gasteiger partial charge in [0.15, 0.2) is 5.96 Å². The molecule has 2 unspecified atom stereocenters. The molecule has 2 aliphatic heterocycles. The van der Waals surface area contributed by atoms with E-state index in [1.54, 1.807) is 0 Å². The van der Waals surface area contributed by atoms with E-state index in [0.717, 1.165) is 57.5 Å². The number of guanidine groups is 1. The first kappa shape index (κ1) is 20.7. The lowest BCUT2D eigenvalue weighted by Gasteiger charge is -2.32. The van der Waals surface area contributed by atoms with Crippen LogP contribution in [-0.2, 0) is 17.7 Å². The second-order valence-corrected chi connectivity index (χ2v) is 8.34. The molecule has 1 aromatic heterocycles. The number of ether oxygens (including phenoxy) is 1. The number of anilines is 1. The molecule has 0 amide bonds. The number of hydrogen-bond acceptors (Lipinski definition) is 4. The highest BCUT2D eigenvalue weighted by Gasteiger charge is 2.25. The number of aliphatic imine (C=N–C) groups is 1. The van der Waals surface area contributed by atoms with Gasteiger partial charge < -0.3 is 19.9 Å². The number of likely N-dealkylation sites (tertiary alicyclic amines) is 1. The molecule has 0 aliphatic carbocycles. The molecule has 1 N–H and O–H groups in total. The van der Waals surface area contributed by atoms with Gasteiger partial charge in [-0.25, -0.2) is 4.98 Å². The Hall–Kier alpha value is -2.60. The van der Waals surface area contributed by atoms with Gasteiger partial charge in [-0.05, 0) is 42.9 Å². The molecule has 1 aromatic carbocycles. The van der Waals surface area contributed by atoms with Crippen LogP contribution in [0.1, 0.15) is 24.5 Å². The van der Waals surface area contributed by atoms with Crippen LogP contribution in [0.15, 0.2) is 53.7 Å². The minimum Gasteiger partial charge on any atom is -0.375 e. The molecule has 0 radical (unpaired) electrons. The summed E-state index contributed by atoms with van der Waals surface area (Å²) >= 11 is 0. The Bertz CT molecular complexity index is 823. The number of hydrogen-bond donors (Lipinski definition) is 1. The molecule has 2 atom stereocenters. The Labute approximate surface area is 180 Å². The summed E-state index contributed by atoms with van der Waals surface area (Å²) in [7, 11) is 1.87. The smallest absolute Gasteiger partial charge is 0.193 e. The fraction of sp³-hybridized carbons (Fsp3) is 0.500. The lowest BCUT2D eigenvalue weighted by molar-refractivity contribution is 0.0529. The van der Waals surface area contributed by atoms with Crippen LogP contribution in [0, 0.1) is 5.92 Å². The van der Waals surface area contributed by atoms with Crippen molar-refractivity contribution in [1.29, 1.82) is 0 Å². The number of rotatable bonds is 5. The normalized spacial score (nSPS) is 22.4. The molecule has 0 bridgehead atoms. The second kappa shape index (κ2) is 9.94. The van der Waals surface area contributed by atoms with Gasteiger partial charge in [-0.3, -0.25) is 4.99 Å². The minimum absolute atomic E-state index is 0.261. The molecule has 4 rings (SSSR count). The van der Waals surface area contributed by atoms with Crippen molar-refractivity contribution in [3.05, 3.63) is 59.8 Å². The van der Waals surface area contributed by atoms with E-state index in [2.05, 4.69) is 74.5 Å². The Morgan fingerprint density at radius 1 is 1.13 bits per heavy atom. The zero-order chi connectivity index (χ0) is 20.8. The molecule has 6 heteroatoms. The van der Waals surface area contributed by atoms with Gasteiger partial charge in [-0.1, -0.05) is 36.4 Å². The summed E-state index contributed by atoms with van der Waals surface area (Å²) < 4.78 is 5.62. The summed E-state index contributed by atoms with van der Waals surface area (Å²) in [6.45, 7) is 7.53. The number of morpholine rings is 1. The summed E-state index contributed by atoms with van der Waals surface area (Å²) in [5.41, 5.74) is 2.59. The fourth-order valence-corrected chi connectivity index (χ4v) is 4.39. The Morgan fingerprint density at radius 3 is 2.73 bits per heavy atom. The largest absolute Gasteiger partial charge is 0.375 e. The van der Waals surface area contributed by atoms with E-state index in [4.69, 9.17) is 4.74 Å². The molecule has 2 saturated heterocycles. The number of aromatic nitrogens is 1. The molecule has 2 fully saturated rings. The van der Waals surface area contributed by atoms with Gasteiger partial charge in [0.2, 0.25) is 0 Å². The molecule has 2 aromatic rings. The van der Waals surface area contributed by atoms with E-state index in [9.17, 15) is 0 Å². The molecular formula is C24H33N5O. The third-order valence-electron chi connectivity index (χ3n) is 5.99. The van der Waals surface area contributed by atoms with Crippen molar-refractivity contribution < 1.29 is 4.74 Å². The maximum Gasteiger partial charge on any atom is 0.193 e. The van der Waals surface area contributed by atoms with Gasteiger partial charge in [0.1, 0.15) is 5.82 Å². The van der Waals surface area contributed by atoms with E-state index in [-0.39, 0.29) is 6.10 Å². The Morgan fingerprint density at radius 2 is 2.00 bits per heavy atom. The van der Waals surface area contributed by atoms with Crippen molar-refractivity contribution in [3.8, 4) is 0 Å². The van der Waals surface area contributed by atoms with E-state index in [1.807, 2.05) is 13.2 Å². The molecule has 30 heavy (non-hydrogen) atoms. The van der Waals surface area contributed by atoms with Gasteiger partial charge in [0.05, 0.1) is 12.7 Å². The third-order valence-corrected chi connectivity index (χ3v) is 5.99. The van der Waals surface area contributed by atoms with Crippen LogP contribution < -0.4 is 10.2 Å². The second-order valence-electron chi connectivity index (χ2n) is 8.34. The van der Waals surface area contributed by atoms with Gasteiger partial charge >= 0.3 is 0 Å². The van der Waals surface area contributed by atoms with E-state index in [1.165, 1.54) is 17.5 Å². The molecule has 0 saturated carbocycles. The van der Waals surface area contributed by atoms with Crippen LogP contribution in [0.2, 0.25) is 0 Å². The summed E-state index contributed by atoms with van der Waals surface area (Å²) in [5, 5.41) is 3.52. The highest BCUT2D eigenvalue weighted by atomic mass is 16.5. The zero-order valence-corrected chi connectivity index (χ0v) is 18.1. The van der Waals surface area contributed by atoms with Gasteiger partial charge in [0, 0.05) is 46.0 Å². The Kier molecular flexibility index (Phi) is 6.84. The van der Waals surface area contributed by atoms with E-state index < -0.39 is 0 Å². The molecule has 2 aliphatic rings. The number of nitrogens with one attached hydrogen (secondary N) is 1. The maximum absolute atomic E-state index is 5.62. The number of nitrogens with zero attached hydrogens (tertiary/aromatic N) is 4. The van der Waals surface area contributed by atoms with Crippen molar-refractivity contribution >= 4 is 11.8 Å². The summed E-state index contributed by atoms with van der Waals surface area (Å²) in [6.07, 6.45) is 4.58. The van der Waals surface area contributed by atoms with Crippen LogP contribution in [0.3, 0.4) is 0 Å². The fourth-order valence-electron chi connectivity index (χ4n) is 4.39. The highest BCUT2D eigenvalue weighted by molar-refractivity contribution is 5.80. The van der Waals surface area contributed by atoms with Crippen molar-refractivity contribution in [2.24, 2.45) is 10.9 Å². The Balaban J connectivity index is 1.27. The van der Waals surface area contributed by atoms with Crippen LogP contribution in [0.25, 0.3) is 0 Å². The maximum atomic E-state index is 5.62. The third kappa shape index (κ3) is 5.30. The minimum atomic E-state index is 0.261. The SMILES string of the molecule is CN=C(NCc1ccc(N2CCOC(C)C2)nc1)N1CCC(Cc2ccccc2)C1. The summed E-state index contributed by atoms with van der Waals surface area (Å²) in [6, 6.07) is 15.1. The van der Waals surface area contributed by atoms with Crippen LogP contribution >= 0.6 is 0 Å². The summed E-state index contributed by atoms with van der Waals surface area (Å²) in [4.78, 5) is 13.9. The quantitative estimate of drug-likeness (QED) is 0.610. The molecular weight excluding hydrogens is 374 g/mol. The summed E-state index contributed by atoms with van der Waals surface area (Å²) in [5.74, 6) is 2.70. The highest BCUT2D eigenvalue weighted by Crippen LogP contribution is 2.21. The van der Waals surface area contributed by atoms with Crippen LogP contribution in [-0.4, -0.2) is 61.8 Å². The van der Waals surface area contributed by atoms with Crippen LogP contribution in [0.4, 0.5) is 5.82 Å². The monoisotopic (exact) mass is 407 g/mol. The van der Waals surface area contributed by atoms with Crippen molar-refractivity contribution in [3.63, 3.8) is 0 Å². The predicted molar refractivity (Wildman–Crippen MR) is 122 cm³/mol. The lowest BCUT2D eigenvalue weighted by Crippen LogP contribution is -2.41. The van der Waals surface area contributed by atoms with Gasteiger partial charge in [-0.2, -0.15) is 0 Å². The van der Waals surface area contributed by atoms with E-state index >= 15 is 0 Å². The first-order chi connectivity index (χ1) is 14.7. The molecule has 3 heterocycles. The topological polar surface area (TPSA) is 53.0 Å². The molecule has 0 spiro atoms. The standard InChI is InChI=1S/C24H33N5O/c1-19-17-28(12-13-30-19)23-9-8-22(15-26-23)16-27-24(25-2)29-11-10-21(18-29)14-20-6-4-3-5-7-20/h3-9,15,19,21H,10-14,16-18H2,1-2H3,(H,25,27). The number of pyridine rings is 1. The molecule has 160 valence electrons. The first-order valence-corrected chi connectivity index (χ1v) is 11.0. The zero-order valence-electron chi connectivity index (χ0n) is 18.1. The van der Waals surface area contributed by atoms with Crippen LogP contribution in [0.5, 0.6) is 0 Å². The van der Waals surface area contributed by atoms with E-state index in [0.29, 0.717) is 5.92 Å².